The zero-order valence-electron chi connectivity index (χ0n) is 23.9. The van der Waals surface area contributed by atoms with Gasteiger partial charge in [-0.2, -0.15) is 0 Å². The number of nitrogens with one attached hydrogen (secondary N) is 3. The number of carbonyl (C=O) groups is 2. The van der Waals surface area contributed by atoms with Gasteiger partial charge in [0.25, 0.3) is 5.91 Å². The summed E-state index contributed by atoms with van der Waals surface area (Å²) in [5.74, 6) is 0.643. The van der Waals surface area contributed by atoms with Gasteiger partial charge in [-0.25, -0.2) is 4.79 Å². The smallest absolute Gasteiger partial charge is 0.323 e. The van der Waals surface area contributed by atoms with E-state index in [1.807, 2.05) is 20.9 Å². The van der Waals surface area contributed by atoms with Crippen LogP contribution in [0.1, 0.15) is 61.8 Å². The van der Waals surface area contributed by atoms with Gasteiger partial charge >= 0.3 is 6.03 Å². The molecule has 4 N–H and O–H groups in total. The number of hydrogen-bond donors (Lipinski definition) is 4. The van der Waals surface area contributed by atoms with Gasteiger partial charge in [-0.05, 0) is 72.2 Å². The van der Waals surface area contributed by atoms with Crippen LogP contribution in [0.5, 0.6) is 5.75 Å². The lowest BCUT2D eigenvalue weighted by Gasteiger charge is -2.34. The number of anilines is 2. The molecule has 39 heavy (non-hydrogen) atoms. The maximum absolute atomic E-state index is 14.0. The summed E-state index contributed by atoms with van der Waals surface area (Å²) in [4.78, 5) is 28.4. The zero-order valence-corrected chi connectivity index (χ0v) is 23.9. The Morgan fingerprint density at radius 3 is 2.67 bits per heavy atom. The molecular formula is C28H43N5O6. The Balaban J connectivity index is 1.94. The lowest BCUT2D eigenvalue weighted by molar-refractivity contribution is -0.000451. The third kappa shape index (κ3) is 8.17. The zero-order chi connectivity index (χ0) is 28.5. The third-order valence-electron chi connectivity index (χ3n) is 6.99. The molecule has 1 aliphatic rings. The number of likely N-dealkylation sites (N-methyl/N-ethyl adjacent to an activating group) is 1. The number of hydrogen-bond acceptors (Lipinski definition) is 8. The summed E-state index contributed by atoms with van der Waals surface area (Å²) in [5.41, 5.74) is 1.79. The van der Waals surface area contributed by atoms with Crippen molar-refractivity contribution >= 4 is 23.3 Å². The lowest BCUT2D eigenvalue weighted by Crippen LogP contribution is -2.47. The molecule has 1 aliphatic heterocycles. The molecule has 0 saturated carbocycles. The van der Waals surface area contributed by atoms with Crippen LogP contribution < -0.4 is 20.7 Å². The van der Waals surface area contributed by atoms with Crippen molar-refractivity contribution in [2.45, 2.75) is 72.1 Å². The van der Waals surface area contributed by atoms with Crippen molar-refractivity contribution in [2.75, 3.05) is 44.0 Å². The second kappa shape index (κ2) is 14.3. The van der Waals surface area contributed by atoms with E-state index in [9.17, 15) is 14.7 Å². The van der Waals surface area contributed by atoms with Crippen molar-refractivity contribution < 1.29 is 28.7 Å². The number of aryl methyl sites for hydroxylation is 2. The Hall–Kier alpha value is -3.15. The molecule has 2 heterocycles. The highest BCUT2D eigenvalue weighted by molar-refractivity contribution is 6.03. The summed E-state index contributed by atoms with van der Waals surface area (Å²) in [6.07, 6.45) is 2.43. The van der Waals surface area contributed by atoms with E-state index in [4.69, 9.17) is 14.0 Å². The first-order valence-corrected chi connectivity index (χ1v) is 13.6. The quantitative estimate of drug-likeness (QED) is 0.428. The summed E-state index contributed by atoms with van der Waals surface area (Å²) >= 11 is 0. The molecular weight excluding hydrogens is 502 g/mol. The summed E-state index contributed by atoms with van der Waals surface area (Å²) < 4.78 is 17.5. The van der Waals surface area contributed by atoms with Gasteiger partial charge in [0.05, 0.1) is 30.4 Å². The highest BCUT2D eigenvalue weighted by atomic mass is 16.5. The molecule has 0 unspecified atom stereocenters. The number of rotatable bonds is 6. The molecule has 0 radical (unpaired) electrons. The van der Waals surface area contributed by atoms with E-state index in [-0.39, 0.29) is 30.6 Å². The van der Waals surface area contributed by atoms with Crippen LogP contribution in [0.3, 0.4) is 0 Å². The van der Waals surface area contributed by atoms with Crippen molar-refractivity contribution in [2.24, 2.45) is 5.92 Å². The van der Waals surface area contributed by atoms with Crippen LogP contribution in [0.25, 0.3) is 0 Å². The van der Waals surface area contributed by atoms with Crippen LogP contribution in [-0.4, -0.2) is 78.7 Å². The topological polar surface area (TPSA) is 138 Å². The molecule has 2 aromatic rings. The van der Waals surface area contributed by atoms with Crippen molar-refractivity contribution in [1.82, 2.24) is 15.4 Å². The number of nitrogens with zero attached hydrogens (tertiary/aromatic N) is 2. The summed E-state index contributed by atoms with van der Waals surface area (Å²) in [6, 6.07) is 4.10. The summed E-state index contributed by atoms with van der Waals surface area (Å²) in [7, 11) is 1.88. The first-order chi connectivity index (χ1) is 18.6. The first-order valence-electron chi connectivity index (χ1n) is 13.6. The molecule has 1 aromatic carbocycles. The average molecular weight is 546 g/mol. The van der Waals surface area contributed by atoms with Gasteiger partial charge in [-0.3, -0.25) is 4.79 Å². The molecule has 0 bridgehead atoms. The minimum absolute atomic E-state index is 0.00349. The largest absolute Gasteiger partial charge is 0.490 e. The van der Waals surface area contributed by atoms with E-state index < -0.39 is 12.1 Å². The van der Waals surface area contributed by atoms with Gasteiger partial charge in [0.2, 0.25) is 0 Å². The second-order valence-electron chi connectivity index (χ2n) is 10.3. The monoisotopic (exact) mass is 545 g/mol. The number of aromatic nitrogens is 1. The van der Waals surface area contributed by atoms with Crippen LogP contribution in [0.2, 0.25) is 0 Å². The van der Waals surface area contributed by atoms with Crippen molar-refractivity contribution in [1.29, 1.82) is 0 Å². The van der Waals surface area contributed by atoms with Crippen molar-refractivity contribution in [3.63, 3.8) is 0 Å². The van der Waals surface area contributed by atoms with Crippen molar-refractivity contribution in [3.05, 3.63) is 35.2 Å². The second-order valence-corrected chi connectivity index (χ2v) is 10.3. The Kier molecular flexibility index (Phi) is 11.1. The van der Waals surface area contributed by atoms with E-state index in [0.717, 1.165) is 19.3 Å². The first kappa shape index (κ1) is 30.4. The number of urea groups is 1. The van der Waals surface area contributed by atoms with Gasteiger partial charge in [0.15, 0.2) is 5.76 Å². The highest BCUT2D eigenvalue weighted by Crippen LogP contribution is 2.29. The number of ether oxygens (including phenoxy) is 2. The molecule has 0 fully saturated rings. The van der Waals surface area contributed by atoms with Crippen LogP contribution in [0, 0.1) is 19.8 Å². The van der Waals surface area contributed by atoms with E-state index in [2.05, 4.69) is 28.0 Å². The predicted octanol–water partition coefficient (Wildman–Crippen LogP) is 3.95. The molecule has 3 rings (SSSR count). The third-order valence-corrected chi connectivity index (χ3v) is 6.99. The fourth-order valence-electron chi connectivity index (χ4n) is 4.63. The molecule has 0 saturated heterocycles. The van der Waals surface area contributed by atoms with Gasteiger partial charge in [0, 0.05) is 31.3 Å². The van der Waals surface area contributed by atoms with E-state index in [1.54, 1.807) is 36.9 Å². The fraction of sp³-hybridized carbons (Fsp3) is 0.607. The van der Waals surface area contributed by atoms with E-state index in [1.165, 1.54) is 0 Å². The minimum Gasteiger partial charge on any atom is -0.490 e. The average Bonchev–Trinajstić information content (AvgIpc) is 3.22. The van der Waals surface area contributed by atoms with Crippen LogP contribution >= 0.6 is 0 Å². The number of amides is 3. The Bertz CT molecular complexity index is 1090. The van der Waals surface area contributed by atoms with E-state index >= 15 is 0 Å². The number of carbonyl (C=O) groups excluding carboxylic acids is 2. The Morgan fingerprint density at radius 2 is 2.00 bits per heavy atom. The van der Waals surface area contributed by atoms with Crippen LogP contribution in [-0.2, 0) is 4.74 Å². The molecule has 1 aromatic heterocycles. The minimum atomic E-state index is -0.492. The van der Waals surface area contributed by atoms with Crippen LogP contribution in [0.15, 0.2) is 22.7 Å². The molecule has 4 atom stereocenters. The summed E-state index contributed by atoms with van der Waals surface area (Å²) in [5, 5.41) is 22.6. The fourth-order valence-corrected chi connectivity index (χ4v) is 4.63. The molecule has 216 valence electrons. The van der Waals surface area contributed by atoms with Gasteiger partial charge in [-0.1, -0.05) is 12.1 Å². The maximum atomic E-state index is 14.0. The standard InChI is InChI=1S/C28H43N5O6/c1-17-15-33(18(2)16-34)27(35)23-13-22(30-28(36)31-26-20(4)32-39-21(26)5)10-11-24(23)38-19(3)9-7-8-12-37-25(17)14-29-6/h10-11,13,17-19,25,29,34H,7-9,12,14-16H2,1-6H3,(H2,30,31,36)/t17-,18+,19-,25-/m0/s1. The molecule has 11 nitrogen and oxygen atoms in total. The lowest BCUT2D eigenvalue weighted by atomic mass is 10.0. The summed E-state index contributed by atoms with van der Waals surface area (Å²) in [6.45, 7) is 10.8. The maximum Gasteiger partial charge on any atom is 0.323 e. The number of aliphatic hydroxyl groups is 1. The van der Waals surface area contributed by atoms with Crippen LogP contribution in [0.4, 0.5) is 16.2 Å². The normalized spacial score (nSPS) is 21.9. The van der Waals surface area contributed by atoms with Gasteiger partial charge < -0.3 is 40.0 Å². The molecule has 11 heteroatoms. The van der Waals surface area contributed by atoms with Gasteiger partial charge in [-0.15, -0.1) is 0 Å². The van der Waals surface area contributed by atoms with Gasteiger partial charge in [0.1, 0.15) is 17.1 Å². The molecule has 0 aliphatic carbocycles. The Labute approximate surface area is 230 Å². The Morgan fingerprint density at radius 1 is 1.23 bits per heavy atom. The number of aliphatic hydroxyl groups excluding tert-OH is 1. The molecule has 0 spiro atoms. The number of benzene rings is 1. The SMILES string of the molecule is CNC[C@@H]1OCCCC[C@H](C)Oc2ccc(NC(=O)Nc3c(C)noc3C)cc2C(=O)N([C@H](C)CO)C[C@@H]1C. The highest BCUT2D eigenvalue weighted by Gasteiger charge is 2.29. The molecule has 3 amide bonds. The predicted molar refractivity (Wildman–Crippen MR) is 149 cm³/mol. The van der Waals surface area contributed by atoms with E-state index in [0.29, 0.717) is 53.8 Å². The van der Waals surface area contributed by atoms with Crippen molar-refractivity contribution in [3.8, 4) is 5.75 Å². The number of fused-ring (bicyclic) bond motifs is 1.